The Bertz CT molecular complexity index is 3420. The van der Waals surface area contributed by atoms with Crippen molar-refractivity contribution in [3.05, 3.63) is 206 Å². The van der Waals surface area contributed by atoms with Gasteiger partial charge in [0.25, 0.3) is 0 Å². The molecule has 0 N–H and O–H groups in total. The Morgan fingerprint density at radius 3 is 2.03 bits per heavy atom. The number of aromatic nitrogens is 4. The number of benzene rings is 6. The molecule has 2 aliphatic carbocycles. The number of rotatable bonds is 6. The van der Waals surface area contributed by atoms with Crippen LogP contribution in [0.2, 0.25) is 0 Å². The summed E-state index contributed by atoms with van der Waals surface area (Å²) >= 11 is 2.48. The second-order valence-corrected chi connectivity index (χ2v) is 17.6. The minimum Gasteiger partial charge on any atom is -0.0622 e. The third kappa shape index (κ3) is 6.58. The SMILES string of the molecule is Cc1cc(-n2c3[c-]c(Oc4[c-]c(-n5cc6c7ccc(n6[c]5=[Pt])CCc5ccc(c(C)c5C)CC7)ccc4)ccc3c3cc(-c4ccccc4)ccc32)nc(C)c1-c1ccccc1. The van der Waals surface area contributed by atoms with Crippen molar-refractivity contribution in [1.29, 1.82) is 0 Å². The smallest absolute Gasteiger partial charge is 0.0622 e. The van der Waals surface area contributed by atoms with E-state index in [0.29, 0.717) is 11.5 Å². The van der Waals surface area contributed by atoms with E-state index in [4.69, 9.17) is 9.72 Å². The molecule has 6 heterocycles. The molecule has 2 aliphatic heterocycles. The second-order valence-electron chi connectivity index (χ2n) is 16.6. The molecule has 4 bridgehead atoms. The van der Waals surface area contributed by atoms with E-state index < -0.39 is 0 Å². The minimum atomic E-state index is 0.613. The van der Waals surface area contributed by atoms with Crippen molar-refractivity contribution < 1.29 is 24.1 Å². The first-order chi connectivity index (χ1) is 30.3. The summed E-state index contributed by atoms with van der Waals surface area (Å²) in [6.07, 6.45) is 6.24. The van der Waals surface area contributed by atoms with E-state index in [9.17, 15) is 0 Å². The zero-order chi connectivity index (χ0) is 42.1. The van der Waals surface area contributed by atoms with Gasteiger partial charge in [-0.25, -0.2) is 0 Å². The normalized spacial score (nSPS) is 12.7. The van der Waals surface area contributed by atoms with Gasteiger partial charge in [0.15, 0.2) is 0 Å². The summed E-state index contributed by atoms with van der Waals surface area (Å²) in [5, 5.41) is 2.22. The first-order valence-corrected chi connectivity index (χ1v) is 22.5. The van der Waals surface area contributed by atoms with Crippen LogP contribution in [0.3, 0.4) is 0 Å². The molecule has 62 heavy (non-hydrogen) atoms. The molecular formula is C56H44N4OPt-2. The first kappa shape index (κ1) is 38.4. The fourth-order valence-electron chi connectivity index (χ4n) is 9.61. The third-order valence-corrected chi connectivity index (χ3v) is 14.0. The molecule has 0 spiro atoms. The number of aryl methyl sites for hydroxylation is 6. The quantitative estimate of drug-likeness (QED) is 0.156. The molecule has 0 amide bonds. The fraction of sp³-hybridized carbons (Fsp3) is 0.143. The van der Waals surface area contributed by atoms with Crippen LogP contribution < -0.4 is 4.74 Å². The molecule has 306 valence electrons. The number of nitrogens with zero attached hydrogens (tertiary/aromatic N) is 4. The van der Waals surface area contributed by atoms with Gasteiger partial charge < -0.3 is 0 Å². The van der Waals surface area contributed by atoms with E-state index in [-0.39, 0.29) is 0 Å². The van der Waals surface area contributed by atoms with Crippen molar-refractivity contribution in [2.45, 2.75) is 53.4 Å². The van der Waals surface area contributed by atoms with Gasteiger partial charge >= 0.3 is 261 Å². The summed E-state index contributed by atoms with van der Waals surface area (Å²) in [5.74, 6) is 2.09. The molecule has 0 saturated heterocycles. The van der Waals surface area contributed by atoms with Crippen molar-refractivity contribution in [1.82, 2.24) is 18.5 Å². The van der Waals surface area contributed by atoms with Gasteiger partial charge in [-0.2, -0.15) is 0 Å². The molecule has 0 saturated carbocycles. The maximum absolute atomic E-state index is 6.69. The number of hydrogen-bond donors (Lipinski definition) is 0. The van der Waals surface area contributed by atoms with E-state index in [1.807, 2.05) is 12.1 Å². The van der Waals surface area contributed by atoms with Gasteiger partial charge in [-0.15, -0.1) is 0 Å². The van der Waals surface area contributed by atoms with Crippen LogP contribution in [0, 0.1) is 43.6 Å². The fourth-order valence-corrected chi connectivity index (χ4v) is 10.6. The van der Waals surface area contributed by atoms with Gasteiger partial charge in [0.1, 0.15) is 0 Å². The van der Waals surface area contributed by atoms with E-state index in [0.717, 1.165) is 79.6 Å². The molecule has 6 aromatic carbocycles. The van der Waals surface area contributed by atoms with Crippen molar-refractivity contribution in [3.8, 4) is 45.3 Å². The van der Waals surface area contributed by atoms with Gasteiger partial charge in [0.05, 0.1) is 0 Å². The van der Waals surface area contributed by atoms with Crippen molar-refractivity contribution in [2.75, 3.05) is 0 Å². The number of pyridine rings is 2. The predicted molar refractivity (Wildman–Crippen MR) is 247 cm³/mol. The van der Waals surface area contributed by atoms with Crippen LogP contribution in [0.25, 0.3) is 61.1 Å². The summed E-state index contributed by atoms with van der Waals surface area (Å²) < 4.78 is 14.7. The Labute approximate surface area is 373 Å². The van der Waals surface area contributed by atoms with Gasteiger partial charge in [0.2, 0.25) is 0 Å². The van der Waals surface area contributed by atoms with Crippen molar-refractivity contribution in [2.24, 2.45) is 0 Å². The average molecular weight is 984 g/mol. The standard InChI is InChI=1S/C56H44N4O.Pt/c1-36-30-55(57-39(4)56(36)44-14-9-6-10-15-44)60-52-29-24-45(42-12-7-5-8-13-42)31-51(52)50-28-27-49(33-53(50)60)61-48-17-11-16-47(32-48)58-34-54-43-21-20-40-18-19-41(38(3)37(40)2)22-25-46(26-23-43)59(54)35-58;/h5-19,23-24,26-31,34H,20-22,25H2,1-4H3;/q-2;. The Balaban J connectivity index is 0.995. The summed E-state index contributed by atoms with van der Waals surface area (Å²) in [4.78, 5) is 5.27. The van der Waals surface area contributed by atoms with E-state index in [1.165, 1.54) is 55.7 Å². The number of hydrogen-bond acceptors (Lipinski definition) is 2. The summed E-state index contributed by atoms with van der Waals surface area (Å²) in [7, 11) is 0. The third-order valence-electron chi connectivity index (χ3n) is 12.9. The minimum absolute atomic E-state index is 0.613. The molecule has 0 radical (unpaired) electrons. The number of ether oxygens (including phenoxy) is 1. The molecule has 6 heteroatoms. The maximum atomic E-state index is 6.69. The molecule has 14 rings (SSSR count). The van der Waals surface area contributed by atoms with E-state index in [2.05, 4.69) is 206 Å². The second kappa shape index (κ2) is 15.4. The van der Waals surface area contributed by atoms with Crippen molar-refractivity contribution in [3.63, 3.8) is 0 Å². The van der Waals surface area contributed by atoms with Gasteiger partial charge in [-0.1, -0.05) is 66.7 Å². The summed E-state index contributed by atoms with van der Waals surface area (Å²) in [6, 6.07) is 57.0. The van der Waals surface area contributed by atoms with Crippen LogP contribution >= 0.6 is 0 Å². The Morgan fingerprint density at radius 1 is 0.581 bits per heavy atom. The van der Waals surface area contributed by atoms with Gasteiger partial charge in [0, 0.05) is 11.3 Å². The van der Waals surface area contributed by atoms with Crippen LogP contribution in [0.15, 0.2) is 146 Å². The molecular weight excluding hydrogens is 940 g/mol. The average Bonchev–Trinajstić information content (AvgIpc) is 3.81. The van der Waals surface area contributed by atoms with Gasteiger partial charge in [-0.3, -0.25) is 0 Å². The summed E-state index contributed by atoms with van der Waals surface area (Å²) in [5.41, 5.74) is 19.4. The van der Waals surface area contributed by atoms with E-state index in [1.54, 1.807) is 0 Å². The predicted octanol–water partition coefficient (Wildman–Crippen LogP) is 13.1. The molecule has 10 aromatic rings. The monoisotopic (exact) mass is 983 g/mol. The van der Waals surface area contributed by atoms with Crippen LogP contribution in [0.5, 0.6) is 11.5 Å². The first-order valence-electron chi connectivity index (χ1n) is 21.4. The Hall–Kier alpha value is -6.55. The van der Waals surface area contributed by atoms with Crippen molar-refractivity contribution >= 4 is 27.3 Å². The molecule has 0 atom stereocenters. The number of imidazole rings is 1. The topological polar surface area (TPSA) is 36.4 Å². The van der Waals surface area contributed by atoms with Crippen LogP contribution in [0.1, 0.15) is 44.8 Å². The molecule has 4 aromatic heterocycles. The zero-order valence-corrected chi connectivity index (χ0v) is 37.5. The van der Waals surface area contributed by atoms with Crippen LogP contribution in [-0.2, 0) is 45.0 Å². The molecule has 0 fully saturated rings. The molecule has 0 unspecified atom stereocenters. The zero-order valence-electron chi connectivity index (χ0n) is 35.2. The number of fused-ring (bicyclic) bond motifs is 3. The summed E-state index contributed by atoms with van der Waals surface area (Å²) in [6.45, 7) is 8.86. The Kier molecular flexibility index (Phi) is 9.54. The van der Waals surface area contributed by atoms with E-state index >= 15 is 0 Å². The van der Waals surface area contributed by atoms with Crippen LogP contribution in [-0.4, -0.2) is 18.5 Å². The molecule has 4 aliphatic rings. The van der Waals surface area contributed by atoms with Gasteiger partial charge in [-0.05, 0) is 36.1 Å². The Morgan fingerprint density at radius 2 is 1.27 bits per heavy atom. The van der Waals surface area contributed by atoms with Crippen LogP contribution in [0.4, 0.5) is 0 Å². The molecule has 5 nitrogen and oxygen atoms in total.